The standard InChI is InChI=1S/C8H4N2S/c1-9-7-4-2-3-5-8(7)10-6-11/h2-5H. The summed E-state index contributed by atoms with van der Waals surface area (Å²) in [6.45, 7) is 6.77. The predicted octanol–water partition coefficient (Wildman–Crippen LogP) is 2.97. The maximum Gasteiger partial charge on any atom is 0.213 e. The number of thiocarbonyl (C=S) groups is 1. The molecule has 0 bridgehead atoms. The number of rotatable bonds is 1. The van der Waals surface area contributed by atoms with Gasteiger partial charge in [-0.2, -0.15) is 0 Å². The monoisotopic (exact) mass is 160 g/mol. The second-order valence-electron chi connectivity index (χ2n) is 1.80. The second kappa shape index (κ2) is 3.62. The van der Waals surface area contributed by atoms with E-state index in [1.807, 2.05) is 0 Å². The quantitative estimate of drug-likeness (QED) is 0.350. The van der Waals surface area contributed by atoms with Crippen molar-refractivity contribution in [1.82, 2.24) is 0 Å². The molecule has 1 aromatic rings. The van der Waals surface area contributed by atoms with Crippen molar-refractivity contribution in [2.45, 2.75) is 0 Å². The molecule has 0 aromatic heterocycles. The molecule has 0 amide bonds. The van der Waals surface area contributed by atoms with E-state index in [1.54, 1.807) is 24.3 Å². The van der Waals surface area contributed by atoms with Crippen LogP contribution in [0, 0.1) is 6.57 Å². The van der Waals surface area contributed by atoms with Gasteiger partial charge in [0.05, 0.1) is 17.4 Å². The van der Waals surface area contributed by atoms with Crippen LogP contribution in [-0.2, 0) is 0 Å². The van der Waals surface area contributed by atoms with Crippen LogP contribution in [0.5, 0.6) is 0 Å². The Morgan fingerprint density at radius 2 is 2.18 bits per heavy atom. The minimum atomic E-state index is 0.504. The average Bonchev–Trinajstić information content (AvgIpc) is 2.06. The molecule has 0 heterocycles. The Labute approximate surface area is 70.0 Å². The molecule has 0 aliphatic heterocycles. The van der Waals surface area contributed by atoms with Gasteiger partial charge in [-0.3, -0.25) is 0 Å². The molecular weight excluding hydrogens is 156 g/mol. The van der Waals surface area contributed by atoms with Crippen LogP contribution in [0.1, 0.15) is 0 Å². The minimum absolute atomic E-state index is 0.504. The molecule has 0 N–H and O–H groups in total. The summed E-state index contributed by atoms with van der Waals surface area (Å²) in [7, 11) is 0. The maximum atomic E-state index is 6.77. The summed E-state index contributed by atoms with van der Waals surface area (Å²) in [5, 5.41) is 2.22. The molecule has 2 nitrogen and oxygen atoms in total. The average molecular weight is 160 g/mol. The Morgan fingerprint density at radius 1 is 1.45 bits per heavy atom. The summed E-state index contributed by atoms with van der Waals surface area (Å²) in [6, 6.07) is 7.02. The second-order valence-corrected chi connectivity index (χ2v) is 1.99. The Bertz CT molecular complexity index is 345. The van der Waals surface area contributed by atoms with Crippen molar-refractivity contribution in [2.24, 2.45) is 4.99 Å². The van der Waals surface area contributed by atoms with E-state index in [0.717, 1.165) is 0 Å². The normalized spacial score (nSPS) is 7.91. The highest BCUT2D eigenvalue weighted by atomic mass is 32.1. The molecule has 1 aromatic carbocycles. The molecule has 1 rings (SSSR count). The lowest BCUT2D eigenvalue weighted by atomic mass is 10.3. The SMILES string of the molecule is [C-]#[N+]c1ccccc1N=C=S. The Morgan fingerprint density at radius 3 is 2.82 bits per heavy atom. The fourth-order valence-corrected chi connectivity index (χ4v) is 0.801. The molecule has 0 fully saturated rings. The van der Waals surface area contributed by atoms with Crippen LogP contribution in [0.2, 0.25) is 0 Å². The highest BCUT2D eigenvalue weighted by molar-refractivity contribution is 7.78. The molecule has 0 saturated carbocycles. The summed E-state index contributed by atoms with van der Waals surface area (Å²) < 4.78 is 0. The predicted molar refractivity (Wildman–Crippen MR) is 47.4 cm³/mol. The van der Waals surface area contributed by atoms with Crippen molar-refractivity contribution in [3.8, 4) is 0 Å². The van der Waals surface area contributed by atoms with Crippen LogP contribution >= 0.6 is 12.2 Å². The number of aliphatic imine (C=N–C) groups is 1. The lowest BCUT2D eigenvalue weighted by Gasteiger charge is -1.91. The first-order valence-corrected chi connectivity index (χ1v) is 3.33. The zero-order valence-electron chi connectivity index (χ0n) is 5.61. The van der Waals surface area contributed by atoms with Gasteiger partial charge in [-0.1, -0.05) is 18.2 Å². The van der Waals surface area contributed by atoms with E-state index in [9.17, 15) is 0 Å². The minimum Gasteiger partial charge on any atom is -0.236 e. The fraction of sp³-hybridized carbons (Fsp3) is 0. The van der Waals surface area contributed by atoms with Gasteiger partial charge in [0.2, 0.25) is 5.69 Å². The third-order valence-electron chi connectivity index (χ3n) is 1.17. The zero-order valence-corrected chi connectivity index (χ0v) is 6.43. The van der Waals surface area contributed by atoms with Gasteiger partial charge in [0, 0.05) is 0 Å². The summed E-state index contributed by atoms with van der Waals surface area (Å²) >= 11 is 4.42. The van der Waals surface area contributed by atoms with E-state index in [4.69, 9.17) is 6.57 Å². The van der Waals surface area contributed by atoms with Gasteiger partial charge in [0.1, 0.15) is 0 Å². The number of nitrogens with zero attached hydrogens (tertiary/aromatic N) is 2. The van der Waals surface area contributed by atoms with E-state index >= 15 is 0 Å². The summed E-state index contributed by atoms with van der Waals surface area (Å²) in [4.78, 5) is 6.99. The van der Waals surface area contributed by atoms with Crippen LogP contribution in [0.25, 0.3) is 4.85 Å². The smallest absolute Gasteiger partial charge is 0.213 e. The summed E-state index contributed by atoms with van der Waals surface area (Å²) in [5.74, 6) is 0. The maximum absolute atomic E-state index is 6.77. The first-order chi connectivity index (χ1) is 5.38. The van der Waals surface area contributed by atoms with Crippen LogP contribution in [0.3, 0.4) is 0 Å². The van der Waals surface area contributed by atoms with Gasteiger partial charge in [-0.15, -0.1) is 0 Å². The number of benzene rings is 1. The van der Waals surface area contributed by atoms with Gasteiger partial charge in [0.25, 0.3) is 0 Å². The molecular formula is C8H4N2S. The Kier molecular flexibility index (Phi) is 2.51. The molecule has 0 radical (unpaired) electrons. The van der Waals surface area contributed by atoms with E-state index in [0.29, 0.717) is 11.4 Å². The van der Waals surface area contributed by atoms with Gasteiger partial charge < -0.3 is 0 Å². The summed E-state index contributed by atoms with van der Waals surface area (Å²) in [6.07, 6.45) is 0. The molecule has 52 valence electrons. The topological polar surface area (TPSA) is 16.7 Å². The lowest BCUT2D eigenvalue weighted by Crippen LogP contribution is -1.62. The van der Waals surface area contributed by atoms with Gasteiger partial charge in [0.15, 0.2) is 0 Å². The fourth-order valence-electron chi connectivity index (χ4n) is 0.702. The Hall–Kier alpha value is -1.49. The molecule has 11 heavy (non-hydrogen) atoms. The number of isothiocyanates is 1. The summed E-state index contributed by atoms with van der Waals surface area (Å²) in [5.41, 5.74) is 1.09. The van der Waals surface area contributed by atoms with Crippen molar-refractivity contribution >= 4 is 28.8 Å². The molecule has 0 aliphatic rings. The largest absolute Gasteiger partial charge is 0.236 e. The molecule has 0 atom stereocenters. The van der Waals surface area contributed by atoms with E-state index in [2.05, 4.69) is 27.2 Å². The Balaban J connectivity index is 3.25. The van der Waals surface area contributed by atoms with Crippen LogP contribution in [0.15, 0.2) is 29.3 Å². The molecule has 0 unspecified atom stereocenters. The van der Waals surface area contributed by atoms with Crippen molar-refractivity contribution in [2.75, 3.05) is 0 Å². The molecule has 3 heteroatoms. The number of para-hydroxylation sites is 2. The van der Waals surface area contributed by atoms with Crippen LogP contribution < -0.4 is 0 Å². The third-order valence-corrected chi connectivity index (χ3v) is 1.26. The van der Waals surface area contributed by atoms with Crippen LogP contribution in [0.4, 0.5) is 11.4 Å². The van der Waals surface area contributed by atoms with Crippen molar-refractivity contribution in [3.63, 3.8) is 0 Å². The molecule has 0 spiro atoms. The van der Waals surface area contributed by atoms with Gasteiger partial charge >= 0.3 is 0 Å². The van der Waals surface area contributed by atoms with E-state index in [1.165, 1.54) is 0 Å². The first kappa shape index (κ1) is 7.62. The lowest BCUT2D eigenvalue weighted by molar-refractivity contribution is 1.56. The zero-order chi connectivity index (χ0) is 8.10. The van der Waals surface area contributed by atoms with E-state index in [-0.39, 0.29) is 0 Å². The highest BCUT2D eigenvalue weighted by Crippen LogP contribution is 2.26. The van der Waals surface area contributed by atoms with Crippen molar-refractivity contribution in [1.29, 1.82) is 0 Å². The number of hydrogen-bond acceptors (Lipinski definition) is 2. The first-order valence-electron chi connectivity index (χ1n) is 2.93. The number of hydrogen-bond donors (Lipinski definition) is 0. The van der Waals surface area contributed by atoms with Gasteiger partial charge in [-0.05, 0) is 18.3 Å². The van der Waals surface area contributed by atoms with Crippen LogP contribution in [-0.4, -0.2) is 5.16 Å². The van der Waals surface area contributed by atoms with Crippen molar-refractivity contribution in [3.05, 3.63) is 35.7 Å². The molecule has 0 aliphatic carbocycles. The third kappa shape index (κ3) is 1.71. The highest BCUT2D eigenvalue weighted by Gasteiger charge is 1.95. The van der Waals surface area contributed by atoms with Crippen molar-refractivity contribution < 1.29 is 0 Å². The van der Waals surface area contributed by atoms with E-state index < -0.39 is 0 Å². The van der Waals surface area contributed by atoms with Gasteiger partial charge in [-0.25, -0.2) is 9.84 Å². The molecule has 0 saturated heterocycles.